The molecular weight excluding hydrogens is 582 g/mol. The minimum Gasteiger partial charge on any atom is -0.352 e. The van der Waals surface area contributed by atoms with Gasteiger partial charge in [-0.2, -0.15) is 0 Å². The van der Waals surface area contributed by atoms with Gasteiger partial charge in [0.05, 0.1) is 10.6 Å². The van der Waals surface area contributed by atoms with Crippen LogP contribution >= 0.6 is 11.6 Å². The van der Waals surface area contributed by atoms with Crippen molar-refractivity contribution in [1.29, 1.82) is 0 Å². The van der Waals surface area contributed by atoms with Crippen LogP contribution in [0.4, 0.5) is 5.69 Å². The van der Waals surface area contributed by atoms with Crippen LogP contribution in [-0.4, -0.2) is 43.8 Å². The molecule has 4 rings (SSSR count). The van der Waals surface area contributed by atoms with Gasteiger partial charge in [0.1, 0.15) is 12.6 Å². The summed E-state index contributed by atoms with van der Waals surface area (Å²) in [6.07, 6.45) is 0.228. The molecule has 1 N–H and O–H groups in total. The Hall–Kier alpha value is -4.14. The average molecular weight is 618 g/mol. The first-order valence-corrected chi connectivity index (χ1v) is 15.9. The Labute approximate surface area is 259 Å². The maximum absolute atomic E-state index is 14.4. The summed E-state index contributed by atoms with van der Waals surface area (Å²) >= 11 is 6.52. The van der Waals surface area contributed by atoms with Gasteiger partial charge in [-0.1, -0.05) is 96.0 Å². The van der Waals surface area contributed by atoms with Crippen LogP contribution in [0.1, 0.15) is 30.5 Å². The van der Waals surface area contributed by atoms with E-state index in [0.29, 0.717) is 16.3 Å². The lowest BCUT2D eigenvalue weighted by molar-refractivity contribution is -0.140. The SMILES string of the molecule is Cc1ccc(S(=O)(=O)N(CC(=O)N(Cc2ccccc2Cl)[C@@H](Cc2ccccc2)C(=O)NC(C)C)c2ccccc2)cc1. The summed E-state index contributed by atoms with van der Waals surface area (Å²) in [5.41, 5.74) is 2.74. The molecule has 0 spiro atoms. The molecule has 0 saturated carbocycles. The number of hydrogen-bond acceptors (Lipinski definition) is 4. The normalized spacial score (nSPS) is 12.0. The van der Waals surface area contributed by atoms with Crippen LogP contribution in [0, 0.1) is 6.92 Å². The second kappa shape index (κ2) is 14.4. The van der Waals surface area contributed by atoms with Gasteiger partial charge in [0.25, 0.3) is 10.0 Å². The Kier molecular flexibility index (Phi) is 10.6. The third kappa shape index (κ3) is 8.24. The number of hydrogen-bond donors (Lipinski definition) is 1. The van der Waals surface area contributed by atoms with Crippen molar-refractivity contribution < 1.29 is 18.0 Å². The van der Waals surface area contributed by atoms with E-state index >= 15 is 0 Å². The maximum atomic E-state index is 14.4. The first kappa shape index (κ1) is 31.8. The van der Waals surface area contributed by atoms with E-state index in [1.165, 1.54) is 17.0 Å². The fraction of sp³-hybridized carbons (Fsp3) is 0.235. The van der Waals surface area contributed by atoms with Crippen LogP contribution in [0.5, 0.6) is 0 Å². The molecule has 0 bridgehead atoms. The van der Waals surface area contributed by atoms with E-state index in [9.17, 15) is 18.0 Å². The summed E-state index contributed by atoms with van der Waals surface area (Å²) < 4.78 is 29.1. The Morgan fingerprint density at radius 2 is 1.40 bits per heavy atom. The minimum absolute atomic E-state index is 0.00866. The molecule has 0 aliphatic rings. The largest absolute Gasteiger partial charge is 0.352 e. The highest BCUT2D eigenvalue weighted by Gasteiger charge is 2.35. The molecule has 43 heavy (non-hydrogen) atoms. The highest BCUT2D eigenvalue weighted by molar-refractivity contribution is 7.92. The van der Waals surface area contributed by atoms with Gasteiger partial charge in [0.15, 0.2) is 0 Å². The third-order valence-corrected chi connectivity index (χ3v) is 9.09. The molecule has 0 aliphatic carbocycles. The van der Waals surface area contributed by atoms with Gasteiger partial charge in [-0.05, 0) is 62.2 Å². The predicted octanol–water partition coefficient (Wildman–Crippen LogP) is 6.01. The van der Waals surface area contributed by atoms with E-state index in [2.05, 4.69) is 5.32 Å². The van der Waals surface area contributed by atoms with E-state index in [0.717, 1.165) is 15.4 Å². The Bertz CT molecular complexity index is 1630. The van der Waals surface area contributed by atoms with Crippen LogP contribution < -0.4 is 9.62 Å². The van der Waals surface area contributed by atoms with Crippen LogP contribution in [0.25, 0.3) is 0 Å². The van der Waals surface area contributed by atoms with Crippen LogP contribution in [-0.2, 0) is 32.6 Å². The predicted molar refractivity (Wildman–Crippen MR) is 171 cm³/mol. The Morgan fingerprint density at radius 3 is 2.00 bits per heavy atom. The Balaban J connectivity index is 1.79. The summed E-state index contributed by atoms with van der Waals surface area (Å²) in [6.45, 7) is 5.06. The zero-order valence-electron chi connectivity index (χ0n) is 24.5. The summed E-state index contributed by atoms with van der Waals surface area (Å²) in [5, 5.41) is 3.39. The molecule has 0 heterocycles. The molecule has 0 radical (unpaired) electrons. The van der Waals surface area contributed by atoms with Crippen LogP contribution in [0.2, 0.25) is 5.02 Å². The third-order valence-electron chi connectivity index (χ3n) is 6.93. The van der Waals surface area contributed by atoms with Crippen molar-refractivity contribution in [2.45, 2.75) is 50.7 Å². The summed E-state index contributed by atoms with van der Waals surface area (Å²) in [6, 6.07) is 30.4. The van der Waals surface area contributed by atoms with E-state index < -0.39 is 28.5 Å². The number of nitrogens with one attached hydrogen (secondary N) is 1. The van der Waals surface area contributed by atoms with Crippen molar-refractivity contribution in [3.8, 4) is 0 Å². The molecule has 0 unspecified atom stereocenters. The number of halogens is 1. The molecule has 7 nitrogen and oxygen atoms in total. The highest BCUT2D eigenvalue weighted by atomic mass is 35.5. The number of carbonyl (C=O) groups is 2. The van der Waals surface area contributed by atoms with E-state index in [4.69, 9.17) is 11.6 Å². The van der Waals surface area contributed by atoms with Crippen molar-refractivity contribution in [2.75, 3.05) is 10.8 Å². The molecule has 0 saturated heterocycles. The number of sulfonamides is 1. The molecule has 224 valence electrons. The number of rotatable bonds is 12. The van der Waals surface area contributed by atoms with Crippen molar-refractivity contribution >= 4 is 39.1 Å². The van der Waals surface area contributed by atoms with Gasteiger partial charge in [0.2, 0.25) is 11.8 Å². The van der Waals surface area contributed by atoms with Crippen molar-refractivity contribution in [3.05, 3.63) is 131 Å². The number of aryl methyl sites for hydroxylation is 1. The molecule has 0 fully saturated rings. The number of amides is 2. The number of benzene rings is 4. The average Bonchev–Trinajstić information content (AvgIpc) is 2.99. The number of para-hydroxylation sites is 1. The highest BCUT2D eigenvalue weighted by Crippen LogP contribution is 2.26. The quantitative estimate of drug-likeness (QED) is 0.211. The molecule has 2 amide bonds. The zero-order chi connectivity index (χ0) is 31.0. The van der Waals surface area contributed by atoms with Gasteiger partial charge < -0.3 is 10.2 Å². The van der Waals surface area contributed by atoms with Gasteiger partial charge in [-0.3, -0.25) is 13.9 Å². The molecule has 0 aliphatic heterocycles. The molecule has 0 aromatic heterocycles. The van der Waals surface area contributed by atoms with Gasteiger partial charge >= 0.3 is 0 Å². The van der Waals surface area contributed by atoms with Crippen LogP contribution in [0.3, 0.4) is 0 Å². The lowest BCUT2D eigenvalue weighted by Crippen LogP contribution is -2.54. The molecular formula is C34H36ClN3O4S. The molecule has 9 heteroatoms. The van der Waals surface area contributed by atoms with Crippen LogP contribution in [0.15, 0.2) is 114 Å². The van der Waals surface area contributed by atoms with E-state index in [-0.39, 0.29) is 29.8 Å². The first-order valence-electron chi connectivity index (χ1n) is 14.1. The lowest BCUT2D eigenvalue weighted by atomic mass is 10.0. The number of nitrogens with zero attached hydrogens (tertiary/aromatic N) is 2. The standard InChI is InChI=1S/C34H36ClN3O4S/c1-25(2)36-34(40)32(22-27-12-6-4-7-13-27)37(23-28-14-10-11-17-31(28)35)33(39)24-38(29-15-8-5-9-16-29)43(41,42)30-20-18-26(3)19-21-30/h4-21,25,32H,22-24H2,1-3H3,(H,36,40)/t32-/m0/s1. The first-order chi connectivity index (χ1) is 20.6. The number of carbonyl (C=O) groups excluding carboxylic acids is 2. The molecule has 4 aromatic carbocycles. The summed E-state index contributed by atoms with van der Waals surface area (Å²) in [7, 11) is -4.15. The fourth-order valence-electron chi connectivity index (χ4n) is 4.71. The summed E-state index contributed by atoms with van der Waals surface area (Å²) in [4.78, 5) is 29.6. The zero-order valence-corrected chi connectivity index (χ0v) is 26.1. The van der Waals surface area contributed by atoms with Gasteiger partial charge in [0, 0.05) is 24.0 Å². The van der Waals surface area contributed by atoms with Gasteiger partial charge in [-0.15, -0.1) is 0 Å². The second-order valence-corrected chi connectivity index (χ2v) is 12.9. The van der Waals surface area contributed by atoms with Crippen molar-refractivity contribution in [1.82, 2.24) is 10.2 Å². The van der Waals surface area contributed by atoms with Crippen molar-refractivity contribution in [2.24, 2.45) is 0 Å². The van der Waals surface area contributed by atoms with Crippen molar-refractivity contribution in [3.63, 3.8) is 0 Å². The molecule has 4 aromatic rings. The number of anilines is 1. The smallest absolute Gasteiger partial charge is 0.264 e. The fourth-order valence-corrected chi connectivity index (χ4v) is 6.31. The minimum atomic E-state index is -4.15. The Morgan fingerprint density at radius 1 is 0.814 bits per heavy atom. The topological polar surface area (TPSA) is 86.8 Å². The van der Waals surface area contributed by atoms with Gasteiger partial charge in [-0.25, -0.2) is 8.42 Å². The summed E-state index contributed by atoms with van der Waals surface area (Å²) in [5.74, 6) is -0.883. The lowest BCUT2D eigenvalue weighted by Gasteiger charge is -2.34. The molecule has 1 atom stereocenters. The van der Waals surface area contributed by atoms with E-state index in [1.807, 2.05) is 57.2 Å². The van der Waals surface area contributed by atoms with E-state index in [1.54, 1.807) is 60.7 Å². The second-order valence-electron chi connectivity index (χ2n) is 10.6. The monoisotopic (exact) mass is 617 g/mol. The maximum Gasteiger partial charge on any atom is 0.264 e.